The van der Waals surface area contributed by atoms with Crippen molar-refractivity contribution < 1.29 is 9.90 Å². The first-order valence-corrected chi connectivity index (χ1v) is 7.64. The molecule has 0 spiro atoms. The number of aliphatic hydroxyl groups is 1. The van der Waals surface area contributed by atoms with Gasteiger partial charge in [0.05, 0.1) is 16.7 Å². The fourth-order valence-electron chi connectivity index (χ4n) is 2.55. The molecule has 1 aromatic carbocycles. The Labute approximate surface area is 132 Å². The van der Waals surface area contributed by atoms with Gasteiger partial charge >= 0.3 is 0 Å². The maximum atomic E-state index is 12.6. The number of halogens is 2. The van der Waals surface area contributed by atoms with Crippen LogP contribution in [0.4, 0.5) is 0 Å². The van der Waals surface area contributed by atoms with Gasteiger partial charge in [0.15, 0.2) is 0 Å². The second-order valence-electron chi connectivity index (χ2n) is 5.39. The molecule has 2 rings (SSSR count). The first-order valence-electron chi connectivity index (χ1n) is 6.47. The van der Waals surface area contributed by atoms with Gasteiger partial charge in [0.1, 0.15) is 0 Å². The van der Waals surface area contributed by atoms with E-state index in [-0.39, 0.29) is 11.9 Å². The highest BCUT2D eigenvalue weighted by Gasteiger charge is 2.35. The number of benzene rings is 1. The fourth-order valence-corrected chi connectivity index (χ4v) is 3.31. The zero-order valence-electron chi connectivity index (χ0n) is 11.5. The first-order chi connectivity index (χ1) is 9.38. The molecule has 0 aromatic heterocycles. The van der Waals surface area contributed by atoms with Crippen LogP contribution in [0.15, 0.2) is 22.7 Å². The number of rotatable bonds is 3. The number of hydrogen-bond donors (Lipinski definition) is 1. The zero-order valence-corrected chi connectivity index (χ0v) is 13.9. The molecule has 4 nitrogen and oxygen atoms in total. The average Bonchev–Trinajstić information content (AvgIpc) is 2.68. The third kappa shape index (κ3) is 3.52. The van der Waals surface area contributed by atoms with E-state index in [1.807, 2.05) is 19.0 Å². The Morgan fingerprint density at radius 1 is 1.55 bits per heavy atom. The molecule has 1 aliphatic heterocycles. The molecule has 0 aliphatic carbocycles. The van der Waals surface area contributed by atoms with Crippen molar-refractivity contribution in [3.63, 3.8) is 0 Å². The molecule has 1 aliphatic rings. The van der Waals surface area contributed by atoms with Crippen LogP contribution in [0.5, 0.6) is 0 Å². The molecule has 20 heavy (non-hydrogen) atoms. The predicted octanol–water partition coefficient (Wildman–Crippen LogP) is 2.24. The number of carbonyl (C=O) groups excluding carboxylic acids is 1. The van der Waals surface area contributed by atoms with Gasteiger partial charge in [-0.3, -0.25) is 4.79 Å². The van der Waals surface area contributed by atoms with Gasteiger partial charge in [-0.15, -0.1) is 0 Å². The highest BCUT2D eigenvalue weighted by atomic mass is 79.9. The Balaban J connectivity index is 2.22. The van der Waals surface area contributed by atoms with E-state index in [2.05, 4.69) is 15.9 Å². The van der Waals surface area contributed by atoms with Crippen molar-refractivity contribution in [2.24, 2.45) is 0 Å². The number of aliphatic hydroxyl groups excluding tert-OH is 1. The van der Waals surface area contributed by atoms with E-state index in [9.17, 15) is 9.90 Å². The van der Waals surface area contributed by atoms with Gasteiger partial charge in [-0.2, -0.15) is 0 Å². The van der Waals surface area contributed by atoms with Crippen LogP contribution in [0.25, 0.3) is 0 Å². The monoisotopic (exact) mass is 360 g/mol. The summed E-state index contributed by atoms with van der Waals surface area (Å²) in [5.74, 6) is -0.120. The van der Waals surface area contributed by atoms with Gasteiger partial charge < -0.3 is 14.9 Å². The Morgan fingerprint density at radius 3 is 2.85 bits per heavy atom. The second-order valence-corrected chi connectivity index (χ2v) is 6.71. The standard InChI is InChI=1S/C14H18BrClN2O2/c1-17(2)7-10-6-11(19)8-18(10)14(20)12-4-3-9(15)5-13(12)16/h3-5,10-11,19H,6-8H2,1-2H3. The largest absolute Gasteiger partial charge is 0.391 e. The molecular formula is C14H18BrClN2O2. The smallest absolute Gasteiger partial charge is 0.255 e. The molecule has 0 bridgehead atoms. The lowest BCUT2D eigenvalue weighted by molar-refractivity contribution is 0.0699. The van der Waals surface area contributed by atoms with Crippen molar-refractivity contribution in [3.05, 3.63) is 33.3 Å². The molecule has 1 aromatic rings. The minimum atomic E-state index is -0.460. The van der Waals surface area contributed by atoms with E-state index < -0.39 is 6.10 Å². The molecule has 1 amide bonds. The lowest BCUT2D eigenvalue weighted by Gasteiger charge is -2.27. The summed E-state index contributed by atoms with van der Waals surface area (Å²) in [5, 5.41) is 10.3. The van der Waals surface area contributed by atoms with Crippen LogP contribution < -0.4 is 0 Å². The van der Waals surface area contributed by atoms with Crippen LogP contribution in [-0.2, 0) is 0 Å². The summed E-state index contributed by atoms with van der Waals surface area (Å²) in [6.45, 7) is 1.10. The summed E-state index contributed by atoms with van der Waals surface area (Å²) in [6, 6.07) is 5.24. The molecule has 110 valence electrons. The van der Waals surface area contributed by atoms with Gasteiger partial charge in [-0.1, -0.05) is 27.5 Å². The van der Waals surface area contributed by atoms with Gasteiger partial charge in [0.2, 0.25) is 0 Å². The summed E-state index contributed by atoms with van der Waals surface area (Å²) in [4.78, 5) is 16.4. The maximum absolute atomic E-state index is 12.6. The molecule has 1 N–H and O–H groups in total. The Bertz CT molecular complexity index is 510. The summed E-state index contributed by atoms with van der Waals surface area (Å²) in [7, 11) is 3.92. The zero-order chi connectivity index (χ0) is 14.9. The molecule has 1 heterocycles. The number of hydrogen-bond acceptors (Lipinski definition) is 3. The topological polar surface area (TPSA) is 43.8 Å². The molecule has 2 atom stereocenters. The van der Waals surface area contributed by atoms with Crippen molar-refractivity contribution in [1.82, 2.24) is 9.80 Å². The van der Waals surface area contributed by atoms with Gasteiger partial charge in [0, 0.05) is 23.6 Å². The summed E-state index contributed by atoms with van der Waals surface area (Å²) < 4.78 is 0.838. The number of likely N-dealkylation sites (N-methyl/N-ethyl adjacent to an activating group) is 1. The number of β-amino-alcohol motifs (C(OH)–C–C–N with tert-alkyl or cyclic N) is 1. The van der Waals surface area contributed by atoms with E-state index in [1.165, 1.54) is 0 Å². The Kier molecular flexibility index (Phi) is 5.07. The van der Waals surface area contributed by atoms with E-state index in [0.717, 1.165) is 11.0 Å². The van der Waals surface area contributed by atoms with Crippen LogP contribution in [0.3, 0.4) is 0 Å². The lowest BCUT2D eigenvalue weighted by Crippen LogP contribution is -2.41. The third-order valence-corrected chi connectivity index (χ3v) is 4.20. The number of nitrogens with zero attached hydrogens (tertiary/aromatic N) is 2. The minimum Gasteiger partial charge on any atom is -0.391 e. The first kappa shape index (κ1) is 15.8. The maximum Gasteiger partial charge on any atom is 0.255 e. The predicted molar refractivity (Wildman–Crippen MR) is 83.2 cm³/mol. The van der Waals surface area contributed by atoms with Crippen molar-refractivity contribution in [2.75, 3.05) is 27.2 Å². The minimum absolute atomic E-state index is 0.0206. The normalized spacial score (nSPS) is 22.6. The summed E-state index contributed by atoms with van der Waals surface area (Å²) >= 11 is 9.47. The lowest BCUT2D eigenvalue weighted by atomic mass is 10.1. The average molecular weight is 362 g/mol. The van der Waals surface area contributed by atoms with Crippen LogP contribution in [-0.4, -0.2) is 60.1 Å². The fraction of sp³-hybridized carbons (Fsp3) is 0.500. The second kappa shape index (κ2) is 6.43. The molecule has 6 heteroatoms. The van der Waals surface area contributed by atoms with E-state index >= 15 is 0 Å². The van der Waals surface area contributed by atoms with Crippen LogP contribution >= 0.6 is 27.5 Å². The molecule has 0 saturated carbocycles. The highest BCUT2D eigenvalue weighted by Crippen LogP contribution is 2.26. The summed E-state index contributed by atoms with van der Waals surface area (Å²) in [5.41, 5.74) is 0.479. The van der Waals surface area contributed by atoms with Gasteiger partial charge in [-0.25, -0.2) is 0 Å². The summed E-state index contributed by atoms with van der Waals surface area (Å²) in [6.07, 6.45) is 0.149. The number of likely N-dealkylation sites (tertiary alicyclic amines) is 1. The van der Waals surface area contributed by atoms with Crippen molar-refractivity contribution in [2.45, 2.75) is 18.6 Å². The quantitative estimate of drug-likeness (QED) is 0.898. The van der Waals surface area contributed by atoms with Crippen molar-refractivity contribution >= 4 is 33.4 Å². The van der Waals surface area contributed by atoms with Crippen molar-refractivity contribution in [1.29, 1.82) is 0 Å². The molecule has 1 saturated heterocycles. The van der Waals surface area contributed by atoms with Gasteiger partial charge in [-0.05, 0) is 38.7 Å². The highest BCUT2D eigenvalue weighted by molar-refractivity contribution is 9.10. The third-order valence-electron chi connectivity index (χ3n) is 3.39. The molecular weight excluding hydrogens is 344 g/mol. The SMILES string of the molecule is CN(C)CC1CC(O)CN1C(=O)c1ccc(Br)cc1Cl. The van der Waals surface area contributed by atoms with Gasteiger partial charge in [0.25, 0.3) is 5.91 Å². The van der Waals surface area contributed by atoms with E-state index in [0.29, 0.717) is 23.6 Å². The van der Waals surface area contributed by atoms with Crippen LogP contribution in [0.1, 0.15) is 16.8 Å². The Hall–Kier alpha value is -0.620. The van der Waals surface area contributed by atoms with E-state index in [1.54, 1.807) is 23.1 Å². The molecule has 1 fully saturated rings. The molecule has 0 radical (unpaired) electrons. The van der Waals surface area contributed by atoms with Crippen molar-refractivity contribution in [3.8, 4) is 0 Å². The molecule has 2 unspecified atom stereocenters. The van der Waals surface area contributed by atoms with E-state index in [4.69, 9.17) is 11.6 Å². The van der Waals surface area contributed by atoms with Crippen LogP contribution in [0.2, 0.25) is 5.02 Å². The Morgan fingerprint density at radius 2 is 2.25 bits per heavy atom. The number of amides is 1. The number of carbonyl (C=O) groups is 1. The van der Waals surface area contributed by atoms with Crippen LogP contribution in [0, 0.1) is 0 Å².